The Balaban J connectivity index is 0.0000115. The van der Waals surface area contributed by atoms with Crippen molar-refractivity contribution in [3.63, 3.8) is 0 Å². The van der Waals surface area contributed by atoms with Crippen LogP contribution in [0.15, 0.2) is 24.4 Å². The smallest absolute Gasteiger partial charge is 0.417 e. The summed E-state index contributed by atoms with van der Waals surface area (Å²) >= 11 is 0. The number of nitrogens with one attached hydrogen (secondary N) is 1. The largest absolute Gasteiger partial charge is 1.00 e. The second-order valence-corrected chi connectivity index (χ2v) is 13.9. The molecule has 3 amide bonds. The molecule has 48 heavy (non-hydrogen) atoms. The highest BCUT2D eigenvalue weighted by molar-refractivity contribution is 5.90. The minimum Gasteiger partial charge on any atom is -1.00 e. The summed E-state index contributed by atoms with van der Waals surface area (Å²) in [6, 6.07) is 5.67. The zero-order chi connectivity index (χ0) is 34.4. The molecule has 0 radical (unpaired) electrons. The number of hydrogen-bond acceptors (Lipinski definition) is 6. The Kier molecular flexibility index (Phi) is 22.5. The SMILES string of the molecule is CCCCCCCCCCCCCCCCCCNC(=O)OCC1(C)CCC(C)(COC(=O)N(Cc2cccc[n+]2CC)C(C)=O)O1.[Cl-]. The second-order valence-electron chi connectivity index (χ2n) is 13.9. The van der Waals surface area contributed by atoms with E-state index in [9.17, 15) is 14.4 Å². The van der Waals surface area contributed by atoms with Crippen LogP contribution in [0.1, 0.15) is 156 Å². The summed E-state index contributed by atoms with van der Waals surface area (Å²) in [7, 11) is 0. The van der Waals surface area contributed by atoms with Crippen LogP contribution < -0.4 is 22.3 Å². The van der Waals surface area contributed by atoms with Crippen LogP contribution in [0.4, 0.5) is 9.59 Å². The number of pyridine rings is 1. The molecule has 10 heteroatoms. The first-order chi connectivity index (χ1) is 22.6. The van der Waals surface area contributed by atoms with Crippen LogP contribution in [0.25, 0.3) is 0 Å². The minimum absolute atomic E-state index is 0. The zero-order valence-corrected chi connectivity index (χ0v) is 31.6. The van der Waals surface area contributed by atoms with Gasteiger partial charge >= 0.3 is 12.2 Å². The minimum atomic E-state index is -0.740. The maximum absolute atomic E-state index is 12.9. The van der Waals surface area contributed by atoms with Crippen LogP contribution in [0, 0.1) is 0 Å². The summed E-state index contributed by atoms with van der Waals surface area (Å²) in [6.07, 6.45) is 23.2. The van der Waals surface area contributed by atoms with E-state index < -0.39 is 23.4 Å². The number of aromatic nitrogens is 1. The van der Waals surface area contributed by atoms with E-state index >= 15 is 0 Å². The Morgan fingerprint density at radius 1 is 0.792 bits per heavy atom. The average Bonchev–Trinajstić information content (AvgIpc) is 3.37. The summed E-state index contributed by atoms with van der Waals surface area (Å²) < 4.78 is 19.3. The van der Waals surface area contributed by atoms with Gasteiger partial charge in [-0.2, -0.15) is 0 Å². The maximum Gasteiger partial charge on any atom is 0.417 e. The van der Waals surface area contributed by atoms with Gasteiger partial charge in [-0.15, -0.1) is 0 Å². The first-order valence-electron chi connectivity index (χ1n) is 18.6. The molecular formula is C38H66ClN3O6. The van der Waals surface area contributed by atoms with Gasteiger partial charge in [-0.3, -0.25) is 4.79 Å². The number of alkyl carbamates (subject to hydrolysis) is 1. The molecule has 0 aliphatic carbocycles. The Morgan fingerprint density at radius 3 is 1.79 bits per heavy atom. The van der Waals surface area contributed by atoms with Crippen LogP contribution >= 0.6 is 0 Å². The lowest BCUT2D eigenvalue weighted by Crippen LogP contribution is -3.00. The van der Waals surface area contributed by atoms with Crippen molar-refractivity contribution in [2.75, 3.05) is 19.8 Å². The molecular weight excluding hydrogens is 630 g/mol. The standard InChI is InChI=1S/C38H65N3O6.ClH/c1-6-8-9-10-11-12-13-14-15-16-17-18-19-20-21-23-28-39-35(43)45-31-37(4)26-27-38(5,47-37)32-46-36(44)41(33(3)42)30-34-25-22-24-29-40(34)7-2;/h22,24-25,29H,6-21,23,26-28,30-32H2,1-5H3;1H. The average molecular weight is 696 g/mol. The van der Waals surface area contributed by atoms with Crippen molar-refractivity contribution in [3.8, 4) is 0 Å². The van der Waals surface area contributed by atoms with Crippen molar-refractivity contribution in [1.82, 2.24) is 10.2 Å². The Bertz CT molecular complexity index is 1060. The highest BCUT2D eigenvalue weighted by atomic mass is 35.5. The summed E-state index contributed by atoms with van der Waals surface area (Å²) in [5, 5.41) is 2.86. The number of halogens is 1. The number of aryl methyl sites for hydroxylation is 1. The first-order valence-corrected chi connectivity index (χ1v) is 18.6. The molecule has 1 fully saturated rings. The fourth-order valence-electron chi connectivity index (χ4n) is 6.28. The van der Waals surface area contributed by atoms with Crippen molar-refractivity contribution in [1.29, 1.82) is 0 Å². The van der Waals surface area contributed by atoms with E-state index in [-0.39, 0.29) is 38.1 Å². The number of imide groups is 1. The van der Waals surface area contributed by atoms with Gasteiger partial charge in [0.25, 0.3) is 0 Å². The number of carbonyl (C=O) groups excluding carboxylic acids is 3. The summed E-state index contributed by atoms with van der Waals surface area (Å²) in [4.78, 5) is 38.6. The van der Waals surface area contributed by atoms with Gasteiger partial charge in [0.2, 0.25) is 11.6 Å². The van der Waals surface area contributed by atoms with E-state index in [1.54, 1.807) is 0 Å². The zero-order valence-electron chi connectivity index (χ0n) is 30.8. The van der Waals surface area contributed by atoms with Gasteiger partial charge in [0.05, 0.1) is 0 Å². The van der Waals surface area contributed by atoms with Crippen LogP contribution in [-0.2, 0) is 32.1 Å². The predicted octanol–water partition coefficient (Wildman–Crippen LogP) is 5.80. The molecule has 0 saturated carbocycles. The van der Waals surface area contributed by atoms with Gasteiger partial charge in [0.15, 0.2) is 6.20 Å². The van der Waals surface area contributed by atoms with Crippen molar-refractivity contribution < 1.29 is 45.6 Å². The summed E-state index contributed by atoms with van der Waals surface area (Å²) in [6.45, 7) is 11.0. The topological polar surface area (TPSA) is 98.0 Å². The number of nitrogens with zero attached hydrogens (tertiary/aromatic N) is 2. The lowest BCUT2D eigenvalue weighted by atomic mass is 9.99. The van der Waals surface area contributed by atoms with Crippen LogP contribution in [-0.4, -0.2) is 54.0 Å². The van der Waals surface area contributed by atoms with E-state index in [0.717, 1.165) is 30.0 Å². The number of rotatable bonds is 24. The number of carbonyl (C=O) groups is 3. The molecule has 2 atom stereocenters. The van der Waals surface area contributed by atoms with Gasteiger partial charge in [-0.1, -0.05) is 109 Å². The van der Waals surface area contributed by atoms with E-state index in [0.29, 0.717) is 19.4 Å². The Morgan fingerprint density at radius 2 is 1.29 bits per heavy atom. The Hall–Kier alpha value is -2.39. The number of ether oxygens (including phenoxy) is 3. The molecule has 2 rings (SSSR count). The molecule has 0 aromatic carbocycles. The number of amides is 3. The van der Waals surface area contributed by atoms with Gasteiger partial charge in [-0.05, 0) is 40.0 Å². The summed E-state index contributed by atoms with van der Waals surface area (Å²) in [5.74, 6) is -0.386. The Labute approximate surface area is 297 Å². The molecule has 276 valence electrons. The molecule has 1 aliphatic rings. The molecule has 0 spiro atoms. The third kappa shape index (κ3) is 17.8. The van der Waals surface area contributed by atoms with Crippen molar-refractivity contribution in [2.24, 2.45) is 0 Å². The fraction of sp³-hybridized carbons (Fsp3) is 0.789. The van der Waals surface area contributed by atoms with Crippen molar-refractivity contribution >= 4 is 18.1 Å². The quantitative estimate of drug-likeness (QED) is 0.109. The molecule has 1 aromatic heterocycles. The number of hydrogen-bond donors (Lipinski definition) is 1. The van der Waals surface area contributed by atoms with Gasteiger partial charge in [0.1, 0.15) is 37.5 Å². The van der Waals surface area contributed by atoms with E-state index in [2.05, 4.69) is 12.2 Å². The third-order valence-electron chi connectivity index (χ3n) is 9.28. The molecule has 0 bridgehead atoms. The van der Waals surface area contributed by atoms with Crippen LogP contribution in [0.3, 0.4) is 0 Å². The highest BCUT2D eigenvalue weighted by Gasteiger charge is 2.45. The predicted molar refractivity (Wildman–Crippen MR) is 186 cm³/mol. The third-order valence-corrected chi connectivity index (χ3v) is 9.28. The fourth-order valence-corrected chi connectivity index (χ4v) is 6.28. The second kappa shape index (κ2) is 24.7. The van der Waals surface area contributed by atoms with E-state index in [1.165, 1.54) is 96.8 Å². The summed E-state index contributed by atoms with van der Waals surface area (Å²) in [5.41, 5.74) is -0.580. The maximum atomic E-state index is 12.9. The lowest BCUT2D eigenvalue weighted by molar-refractivity contribution is -0.701. The molecule has 1 aliphatic heterocycles. The lowest BCUT2D eigenvalue weighted by Gasteiger charge is -2.30. The van der Waals surface area contributed by atoms with Crippen LogP contribution in [0.2, 0.25) is 0 Å². The van der Waals surface area contributed by atoms with Gasteiger partial charge < -0.3 is 31.9 Å². The van der Waals surface area contributed by atoms with E-state index in [1.807, 2.05) is 49.7 Å². The number of unbranched alkanes of at least 4 members (excludes halogenated alkanes) is 15. The van der Waals surface area contributed by atoms with Crippen LogP contribution in [0.5, 0.6) is 0 Å². The van der Waals surface area contributed by atoms with Crippen molar-refractivity contribution in [2.45, 2.75) is 174 Å². The van der Waals surface area contributed by atoms with Gasteiger partial charge in [-0.25, -0.2) is 19.1 Å². The normalized spacial score (nSPS) is 18.6. The van der Waals surface area contributed by atoms with Crippen molar-refractivity contribution in [3.05, 3.63) is 30.1 Å². The van der Waals surface area contributed by atoms with E-state index in [4.69, 9.17) is 14.2 Å². The highest BCUT2D eigenvalue weighted by Crippen LogP contribution is 2.38. The molecule has 2 unspecified atom stereocenters. The molecule has 9 nitrogen and oxygen atoms in total. The molecule has 2 heterocycles. The molecule has 1 N–H and O–H groups in total. The van der Waals surface area contributed by atoms with Gasteiger partial charge in [0, 0.05) is 25.6 Å². The molecule has 1 aromatic rings. The monoisotopic (exact) mass is 695 g/mol. The molecule has 1 saturated heterocycles. The first kappa shape index (κ1) is 43.6.